The molecule has 0 aromatic heterocycles. The Balaban J connectivity index is 1.84. The zero-order chi connectivity index (χ0) is 14.4. The Morgan fingerprint density at radius 1 is 1.50 bits per heavy atom. The lowest BCUT2D eigenvalue weighted by atomic mass is 10.1. The molecule has 1 heterocycles. The van der Waals surface area contributed by atoms with Gasteiger partial charge in [-0.15, -0.1) is 0 Å². The Labute approximate surface area is 121 Å². The number of rotatable bonds is 7. The van der Waals surface area contributed by atoms with E-state index in [0.717, 1.165) is 44.0 Å². The van der Waals surface area contributed by atoms with E-state index in [1.807, 2.05) is 0 Å². The van der Waals surface area contributed by atoms with E-state index in [1.165, 1.54) is 5.56 Å². The number of nitrogens with one attached hydrogen (secondary N) is 2. The topological polar surface area (TPSA) is 42.5 Å². The molecule has 0 spiro atoms. The SMILES string of the molecule is COCCCNC(C)Cc1ccc2c(c1)NCC(C)O2. The standard InChI is InChI=1S/C16H26N2O2/c1-12(17-7-4-8-19-3)9-14-5-6-16-15(10-14)18-11-13(2)20-16/h5-6,10,12-13,17-18H,4,7-9,11H2,1-3H3. The third-order valence-electron chi connectivity index (χ3n) is 3.51. The van der Waals surface area contributed by atoms with E-state index in [2.05, 4.69) is 42.7 Å². The summed E-state index contributed by atoms with van der Waals surface area (Å²) in [6.45, 7) is 6.99. The Hall–Kier alpha value is -1.26. The van der Waals surface area contributed by atoms with E-state index in [9.17, 15) is 0 Å². The summed E-state index contributed by atoms with van der Waals surface area (Å²) in [6.07, 6.45) is 2.32. The first-order valence-corrected chi connectivity index (χ1v) is 7.45. The zero-order valence-corrected chi connectivity index (χ0v) is 12.7. The maximum absolute atomic E-state index is 5.79. The molecular weight excluding hydrogens is 252 g/mol. The van der Waals surface area contributed by atoms with Gasteiger partial charge in [-0.25, -0.2) is 0 Å². The van der Waals surface area contributed by atoms with Crippen LogP contribution in [0.15, 0.2) is 18.2 Å². The third-order valence-corrected chi connectivity index (χ3v) is 3.51. The number of hydrogen-bond acceptors (Lipinski definition) is 4. The van der Waals surface area contributed by atoms with Crippen molar-refractivity contribution in [1.29, 1.82) is 0 Å². The van der Waals surface area contributed by atoms with Gasteiger partial charge in [0.2, 0.25) is 0 Å². The van der Waals surface area contributed by atoms with Crippen molar-refractivity contribution < 1.29 is 9.47 Å². The highest BCUT2D eigenvalue weighted by Gasteiger charge is 2.15. The van der Waals surface area contributed by atoms with Gasteiger partial charge in [-0.05, 0) is 50.9 Å². The number of anilines is 1. The fourth-order valence-electron chi connectivity index (χ4n) is 2.45. The molecule has 4 nitrogen and oxygen atoms in total. The minimum atomic E-state index is 0.245. The molecule has 0 radical (unpaired) electrons. The van der Waals surface area contributed by atoms with Gasteiger partial charge in [-0.3, -0.25) is 0 Å². The number of ether oxygens (including phenoxy) is 2. The Bertz CT molecular complexity index is 423. The normalized spacial score (nSPS) is 18.9. The summed E-state index contributed by atoms with van der Waals surface area (Å²) in [5.74, 6) is 0.966. The minimum absolute atomic E-state index is 0.245. The fourth-order valence-corrected chi connectivity index (χ4v) is 2.45. The van der Waals surface area contributed by atoms with Gasteiger partial charge in [0.1, 0.15) is 11.9 Å². The van der Waals surface area contributed by atoms with Crippen LogP contribution in [0, 0.1) is 0 Å². The maximum Gasteiger partial charge on any atom is 0.142 e. The van der Waals surface area contributed by atoms with E-state index in [-0.39, 0.29) is 6.10 Å². The molecule has 4 heteroatoms. The van der Waals surface area contributed by atoms with E-state index in [1.54, 1.807) is 7.11 Å². The zero-order valence-electron chi connectivity index (χ0n) is 12.7. The van der Waals surface area contributed by atoms with Gasteiger partial charge in [0.15, 0.2) is 0 Å². The van der Waals surface area contributed by atoms with E-state index in [4.69, 9.17) is 9.47 Å². The van der Waals surface area contributed by atoms with E-state index in [0.29, 0.717) is 6.04 Å². The molecule has 0 fully saturated rings. The quantitative estimate of drug-likeness (QED) is 0.752. The average molecular weight is 278 g/mol. The lowest BCUT2D eigenvalue weighted by Crippen LogP contribution is -2.30. The largest absolute Gasteiger partial charge is 0.487 e. The molecule has 2 unspecified atom stereocenters. The summed E-state index contributed by atoms with van der Waals surface area (Å²) in [6, 6.07) is 6.90. The Morgan fingerprint density at radius 3 is 3.15 bits per heavy atom. The van der Waals surface area contributed by atoms with Crippen LogP contribution in [0.25, 0.3) is 0 Å². The number of fused-ring (bicyclic) bond motifs is 1. The van der Waals surface area contributed by atoms with Gasteiger partial charge in [-0.1, -0.05) is 6.07 Å². The molecule has 1 aliphatic heterocycles. The summed E-state index contributed by atoms with van der Waals surface area (Å²) >= 11 is 0. The average Bonchev–Trinajstić information content (AvgIpc) is 2.44. The Morgan fingerprint density at radius 2 is 2.35 bits per heavy atom. The van der Waals surface area contributed by atoms with Gasteiger partial charge in [0.25, 0.3) is 0 Å². The second kappa shape index (κ2) is 7.50. The Kier molecular flexibility index (Phi) is 5.68. The van der Waals surface area contributed by atoms with Crippen LogP contribution in [0.4, 0.5) is 5.69 Å². The van der Waals surface area contributed by atoms with Crippen molar-refractivity contribution >= 4 is 5.69 Å². The highest BCUT2D eigenvalue weighted by molar-refractivity contribution is 5.59. The summed E-state index contributed by atoms with van der Waals surface area (Å²) in [7, 11) is 1.74. The summed E-state index contributed by atoms with van der Waals surface area (Å²) in [5, 5.41) is 6.95. The first-order valence-electron chi connectivity index (χ1n) is 7.45. The van der Waals surface area contributed by atoms with Crippen molar-refractivity contribution in [3.05, 3.63) is 23.8 Å². The molecule has 0 amide bonds. The second-order valence-corrected chi connectivity index (χ2v) is 5.55. The van der Waals surface area contributed by atoms with Gasteiger partial charge in [0, 0.05) is 19.8 Å². The van der Waals surface area contributed by atoms with E-state index < -0.39 is 0 Å². The van der Waals surface area contributed by atoms with Crippen LogP contribution < -0.4 is 15.4 Å². The molecule has 1 aromatic carbocycles. The lowest BCUT2D eigenvalue weighted by molar-refractivity contribution is 0.193. The van der Waals surface area contributed by atoms with Gasteiger partial charge in [0.05, 0.1) is 12.2 Å². The van der Waals surface area contributed by atoms with Crippen LogP contribution in [0.3, 0.4) is 0 Å². The summed E-state index contributed by atoms with van der Waals surface area (Å²) in [5.41, 5.74) is 2.45. The van der Waals surface area contributed by atoms with Crippen LogP contribution in [-0.2, 0) is 11.2 Å². The van der Waals surface area contributed by atoms with Crippen molar-refractivity contribution in [2.45, 2.75) is 38.8 Å². The molecule has 20 heavy (non-hydrogen) atoms. The maximum atomic E-state index is 5.79. The molecule has 1 aromatic rings. The van der Waals surface area contributed by atoms with Gasteiger partial charge < -0.3 is 20.1 Å². The van der Waals surface area contributed by atoms with Crippen molar-refractivity contribution in [3.63, 3.8) is 0 Å². The molecule has 0 bridgehead atoms. The molecule has 0 saturated carbocycles. The molecule has 0 aliphatic carbocycles. The molecule has 1 aliphatic rings. The summed E-state index contributed by atoms with van der Waals surface area (Å²) < 4.78 is 10.8. The molecular formula is C16H26N2O2. The minimum Gasteiger partial charge on any atom is -0.487 e. The van der Waals surface area contributed by atoms with Crippen molar-refractivity contribution in [1.82, 2.24) is 5.32 Å². The first kappa shape index (κ1) is 15.1. The lowest BCUT2D eigenvalue weighted by Gasteiger charge is -2.25. The molecule has 0 saturated heterocycles. The molecule has 2 N–H and O–H groups in total. The predicted molar refractivity (Wildman–Crippen MR) is 82.7 cm³/mol. The second-order valence-electron chi connectivity index (χ2n) is 5.55. The predicted octanol–water partition coefficient (Wildman–Crippen LogP) is 2.44. The van der Waals surface area contributed by atoms with Crippen LogP contribution in [0.2, 0.25) is 0 Å². The fraction of sp³-hybridized carbons (Fsp3) is 0.625. The third kappa shape index (κ3) is 4.39. The van der Waals surface area contributed by atoms with Gasteiger partial charge in [-0.2, -0.15) is 0 Å². The first-order chi connectivity index (χ1) is 9.69. The van der Waals surface area contributed by atoms with Crippen LogP contribution >= 0.6 is 0 Å². The smallest absolute Gasteiger partial charge is 0.142 e. The van der Waals surface area contributed by atoms with Crippen LogP contribution in [-0.4, -0.2) is 39.0 Å². The molecule has 2 atom stereocenters. The number of methoxy groups -OCH3 is 1. The van der Waals surface area contributed by atoms with Crippen molar-refractivity contribution in [2.24, 2.45) is 0 Å². The van der Waals surface area contributed by atoms with Gasteiger partial charge >= 0.3 is 0 Å². The van der Waals surface area contributed by atoms with Crippen molar-refractivity contribution in [2.75, 3.05) is 32.1 Å². The monoisotopic (exact) mass is 278 g/mol. The van der Waals surface area contributed by atoms with Crippen LogP contribution in [0.5, 0.6) is 5.75 Å². The highest BCUT2D eigenvalue weighted by Crippen LogP contribution is 2.30. The molecule has 112 valence electrons. The number of hydrogen-bond donors (Lipinski definition) is 2. The van der Waals surface area contributed by atoms with E-state index >= 15 is 0 Å². The van der Waals surface area contributed by atoms with Crippen molar-refractivity contribution in [3.8, 4) is 5.75 Å². The number of benzene rings is 1. The highest BCUT2D eigenvalue weighted by atomic mass is 16.5. The summed E-state index contributed by atoms with van der Waals surface area (Å²) in [4.78, 5) is 0. The van der Waals surface area contributed by atoms with Crippen LogP contribution in [0.1, 0.15) is 25.8 Å². The molecule has 2 rings (SSSR count).